The molecule has 0 aliphatic heterocycles. The van der Waals surface area contributed by atoms with Crippen molar-refractivity contribution in [2.45, 2.75) is 24.6 Å². The Morgan fingerprint density at radius 2 is 2.03 bits per heavy atom. The van der Waals surface area contributed by atoms with Gasteiger partial charge in [-0.15, -0.1) is 11.8 Å². The number of nitrogens with zero attached hydrogens (tertiary/aromatic N) is 3. The number of thioether (sulfide) groups is 1. The van der Waals surface area contributed by atoms with Crippen LogP contribution in [0.25, 0.3) is 0 Å². The van der Waals surface area contributed by atoms with E-state index in [0.717, 1.165) is 17.0 Å². The minimum absolute atomic E-state index is 0.109. The van der Waals surface area contributed by atoms with Crippen molar-refractivity contribution in [2.24, 2.45) is 0 Å². The summed E-state index contributed by atoms with van der Waals surface area (Å²) < 4.78 is 10.9. The Kier molecular flexibility index (Phi) is 7.17. The Hall–Kier alpha value is -2.51. The third-order valence-electron chi connectivity index (χ3n) is 4.40. The summed E-state index contributed by atoms with van der Waals surface area (Å²) in [7, 11) is 1.74. The van der Waals surface area contributed by atoms with E-state index in [4.69, 9.17) is 20.9 Å². The van der Waals surface area contributed by atoms with Crippen molar-refractivity contribution in [1.82, 2.24) is 15.0 Å². The fourth-order valence-electron chi connectivity index (χ4n) is 2.68. The second kappa shape index (κ2) is 9.80. The Bertz CT molecular complexity index is 973. The summed E-state index contributed by atoms with van der Waals surface area (Å²) in [5.74, 6) is 1.92. The number of hydrogen-bond donors (Lipinski definition) is 0. The highest BCUT2D eigenvalue weighted by Gasteiger charge is 2.18. The number of pyridine rings is 1. The first-order valence-corrected chi connectivity index (χ1v) is 10.5. The Labute approximate surface area is 179 Å². The predicted octanol–water partition coefficient (Wildman–Crippen LogP) is 4.78. The molecule has 2 heterocycles. The SMILES string of the molecule is Cc1noc(C)c1CSc1ncccc1C(=O)N(C)CCOc1ccccc1Cl. The lowest BCUT2D eigenvalue weighted by Crippen LogP contribution is -2.31. The van der Waals surface area contributed by atoms with Crippen molar-refractivity contribution in [3.8, 4) is 5.75 Å². The van der Waals surface area contributed by atoms with Gasteiger partial charge in [0.05, 0.1) is 22.8 Å². The Morgan fingerprint density at radius 3 is 2.76 bits per heavy atom. The molecule has 0 aliphatic rings. The molecule has 0 radical (unpaired) electrons. The quantitative estimate of drug-likeness (QED) is 0.478. The van der Waals surface area contributed by atoms with Crippen LogP contribution in [0.3, 0.4) is 0 Å². The molecule has 3 aromatic rings. The maximum absolute atomic E-state index is 12.9. The zero-order chi connectivity index (χ0) is 20.8. The average molecular weight is 432 g/mol. The maximum Gasteiger partial charge on any atom is 0.256 e. The minimum Gasteiger partial charge on any atom is -0.490 e. The van der Waals surface area contributed by atoms with E-state index < -0.39 is 0 Å². The van der Waals surface area contributed by atoms with Crippen LogP contribution in [-0.4, -0.2) is 41.1 Å². The number of rotatable bonds is 8. The summed E-state index contributed by atoms with van der Waals surface area (Å²) >= 11 is 7.58. The van der Waals surface area contributed by atoms with Crippen LogP contribution < -0.4 is 4.74 Å². The molecule has 3 rings (SSSR count). The van der Waals surface area contributed by atoms with Gasteiger partial charge in [-0.05, 0) is 38.1 Å². The molecule has 0 atom stereocenters. The summed E-state index contributed by atoms with van der Waals surface area (Å²) in [6.45, 7) is 4.55. The summed E-state index contributed by atoms with van der Waals surface area (Å²) in [5.41, 5.74) is 2.44. The lowest BCUT2D eigenvalue weighted by atomic mass is 10.2. The maximum atomic E-state index is 12.9. The first-order chi connectivity index (χ1) is 14.0. The zero-order valence-electron chi connectivity index (χ0n) is 16.5. The molecule has 0 unspecified atom stereocenters. The molecule has 0 spiro atoms. The normalized spacial score (nSPS) is 10.8. The molecule has 0 fully saturated rings. The van der Waals surface area contributed by atoms with Gasteiger partial charge in [-0.2, -0.15) is 0 Å². The van der Waals surface area contributed by atoms with Crippen molar-refractivity contribution in [1.29, 1.82) is 0 Å². The minimum atomic E-state index is -0.109. The summed E-state index contributed by atoms with van der Waals surface area (Å²) in [5, 5.41) is 5.20. The number of halogens is 1. The molecule has 0 bridgehead atoms. The number of para-hydroxylation sites is 1. The first-order valence-electron chi connectivity index (χ1n) is 9.09. The summed E-state index contributed by atoms with van der Waals surface area (Å²) in [6, 6.07) is 10.8. The van der Waals surface area contributed by atoms with E-state index in [1.54, 1.807) is 42.4 Å². The summed E-state index contributed by atoms with van der Waals surface area (Å²) in [6.07, 6.45) is 1.69. The third-order valence-corrected chi connectivity index (χ3v) is 5.75. The van der Waals surface area contributed by atoms with Crippen LogP contribution in [0.15, 0.2) is 52.1 Å². The van der Waals surface area contributed by atoms with Crippen LogP contribution in [0.1, 0.15) is 27.4 Å². The van der Waals surface area contributed by atoms with Crippen molar-refractivity contribution in [2.75, 3.05) is 20.2 Å². The van der Waals surface area contributed by atoms with Crippen LogP contribution in [0.2, 0.25) is 5.02 Å². The number of carbonyl (C=O) groups is 1. The van der Waals surface area contributed by atoms with Gasteiger partial charge in [0, 0.05) is 24.6 Å². The smallest absolute Gasteiger partial charge is 0.256 e. The topological polar surface area (TPSA) is 68.5 Å². The molecule has 1 aromatic carbocycles. The molecule has 0 aliphatic carbocycles. The van der Waals surface area contributed by atoms with Crippen molar-refractivity contribution >= 4 is 29.3 Å². The van der Waals surface area contributed by atoms with Gasteiger partial charge < -0.3 is 14.2 Å². The second-order valence-electron chi connectivity index (χ2n) is 6.45. The van der Waals surface area contributed by atoms with E-state index >= 15 is 0 Å². The molecule has 8 heteroatoms. The van der Waals surface area contributed by atoms with Gasteiger partial charge in [0.15, 0.2) is 0 Å². The van der Waals surface area contributed by atoms with Crippen LogP contribution in [0, 0.1) is 13.8 Å². The van der Waals surface area contributed by atoms with Gasteiger partial charge in [0.25, 0.3) is 5.91 Å². The van der Waals surface area contributed by atoms with Gasteiger partial charge in [0.1, 0.15) is 23.1 Å². The molecule has 152 valence electrons. The van der Waals surface area contributed by atoms with E-state index in [1.165, 1.54) is 11.8 Å². The molecular formula is C21H22ClN3O3S. The molecule has 6 nitrogen and oxygen atoms in total. The van der Waals surface area contributed by atoms with Gasteiger partial charge in [0.2, 0.25) is 0 Å². The number of aromatic nitrogens is 2. The summed E-state index contributed by atoms with van der Waals surface area (Å²) in [4.78, 5) is 18.9. The van der Waals surface area contributed by atoms with E-state index in [-0.39, 0.29) is 5.91 Å². The molecule has 29 heavy (non-hydrogen) atoms. The molecule has 0 N–H and O–H groups in total. The molecule has 1 amide bonds. The van der Waals surface area contributed by atoms with E-state index in [1.807, 2.05) is 26.0 Å². The number of ether oxygens (including phenoxy) is 1. The number of hydrogen-bond acceptors (Lipinski definition) is 6. The van der Waals surface area contributed by atoms with Crippen molar-refractivity contribution in [3.63, 3.8) is 0 Å². The standard InChI is InChI=1S/C21H22ClN3O3S/c1-14-17(15(2)28-24-14)13-29-20-16(7-6-10-23-20)21(26)25(3)11-12-27-19-9-5-4-8-18(19)22/h4-10H,11-13H2,1-3H3. The van der Waals surface area contributed by atoms with E-state index in [2.05, 4.69) is 10.1 Å². The second-order valence-corrected chi connectivity index (χ2v) is 7.82. The molecule has 0 saturated carbocycles. The van der Waals surface area contributed by atoms with E-state index in [9.17, 15) is 4.79 Å². The fourth-order valence-corrected chi connectivity index (χ4v) is 4.01. The highest BCUT2D eigenvalue weighted by molar-refractivity contribution is 7.98. The number of amides is 1. The number of carbonyl (C=O) groups excluding carboxylic acids is 1. The Morgan fingerprint density at radius 1 is 1.24 bits per heavy atom. The third kappa shape index (κ3) is 5.31. The van der Waals surface area contributed by atoms with Crippen LogP contribution in [0.4, 0.5) is 0 Å². The molecule has 2 aromatic heterocycles. The van der Waals surface area contributed by atoms with Crippen molar-refractivity contribution in [3.05, 3.63) is 70.2 Å². The van der Waals surface area contributed by atoms with Gasteiger partial charge in [-0.1, -0.05) is 28.9 Å². The monoisotopic (exact) mass is 431 g/mol. The van der Waals surface area contributed by atoms with Gasteiger partial charge in [-0.3, -0.25) is 4.79 Å². The predicted molar refractivity (Wildman–Crippen MR) is 114 cm³/mol. The number of benzene rings is 1. The molecular weight excluding hydrogens is 410 g/mol. The number of aryl methyl sites for hydroxylation is 2. The van der Waals surface area contributed by atoms with Crippen LogP contribution in [0.5, 0.6) is 5.75 Å². The highest BCUT2D eigenvalue weighted by atomic mass is 35.5. The number of likely N-dealkylation sites (N-methyl/N-ethyl adjacent to an activating group) is 1. The first kappa shape index (κ1) is 21.2. The Balaban J connectivity index is 1.62. The van der Waals surface area contributed by atoms with Crippen LogP contribution in [-0.2, 0) is 5.75 Å². The van der Waals surface area contributed by atoms with Gasteiger partial charge >= 0.3 is 0 Å². The molecule has 0 saturated heterocycles. The van der Waals surface area contributed by atoms with Crippen molar-refractivity contribution < 1.29 is 14.1 Å². The fraction of sp³-hybridized carbons (Fsp3) is 0.286. The lowest BCUT2D eigenvalue weighted by Gasteiger charge is -2.19. The largest absolute Gasteiger partial charge is 0.490 e. The van der Waals surface area contributed by atoms with E-state index in [0.29, 0.717) is 40.3 Å². The van der Waals surface area contributed by atoms with Gasteiger partial charge in [-0.25, -0.2) is 4.98 Å². The average Bonchev–Trinajstić information content (AvgIpc) is 3.05. The highest BCUT2D eigenvalue weighted by Crippen LogP contribution is 2.28. The zero-order valence-corrected chi connectivity index (χ0v) is 18.1. The lowest BCUT2D eigenvalue weighted by molar-refractivity contribution is 0.0769. The van der Waals surface area contributed by atoms with Crippen LogP contribution >= 0.6 is 23.4 Å².